The van der Waals surface area contributed by atoms with E-state index in [1.165, 1.54) is 0 Å². The molecule has 1 atom stereocenters. The minimum absolute atomic E-state index is 0.114. The standard InChI is InChI=1S/C24H25N3O2/c25-24(27-21-14-16-28-23-13-7-5-11-20(21)23)26-15-17-29-22-12-6-4-10-19(22)18-8-2-1-3-9-18/h1-13,21H,14-17H2,(H3,25,26,27). The molecule has 0 fully saturated rings. The van der Waals surface area contributed by atoms with Crippen LogP contribution in [0.2, 0.25) is 0 Å². The van der Waals surface area contributed by atoms with Crippen LogP contribution in [-0.2, 0) is 0 Å². The van der Waals surface area contributed by atoms with Crippen LogP contribution in [0.25, 0.3) is 11.1 Å². The summed E-state index contributed by atoms with van der Waals surface area (Å²) in [6.07, 6.45) is 0.855. The van der Waals surface area contributed by atoms with E-state index in [1.807, 2.05) is 54.6 Å². The maximum absolute atomic E-state index is 6.10. The van der Waals surface area contributed by atoms with Crippen LogP contribution in [0.1, 0.15) is 18.0 Å². The van der Waals surface area contributed by atoms with Crippen molar-refractivity contribution in [2.75, 3.05) is 19.8 Å². The van der Waals surface area contributed by atoms with Gasteiger partial charge in [0.15, 0.2) is 5.96 Å². The first-order valence-electron chi connectivity index (χ1n) is 9.87. The van der Waals surface area contributed by atoms with Gasteiger partial charge in [-0.15, -0.1) is 0 Å². The average molecular weight is 387 g/mol. The summed E-state index contributed by atoms with van der Waals surface area (Å²) in [5.41, 5.74) is 9.42. The van der Waals surface area contributed by atoms with Crippen molar-refractivity contribution in [1.82, 2.24) is 5.32 Å². The number of rotatable bonds is 6. The zero-order valence-corrected chi connectivity index (χ0v) is 16.3. The molecule has 0 aromatic heterocycles. The molecule has 3 aromatic carbocycles. The van der Waals surface area contributed by atoms with Crippen molar-refractivity contribution in [3.63, 3.8) is 0 Å². The molecule has 1 aliphatic rings. The quantitative estimate of drug-likeness (QED) is 0.379. The minimum atomic E-state index is 0.114. The molecule has 5 nitrogen and oxygen atoms in total. The molecule has 29 heavy (non-hydrogen) atoms. The van der Waals surface area contributed by atoms with E-state index in [0.717, 1.165) is 34.6 Å². The highest BCUT2D eigenvalue weighted by Crippen LogP contribution is 2.31. The lowest BCUT2D eigenvalue weighted by atomic mass is 10.0. The minimum Gasteiger partial charge on any atom is -0.493 e. The molecule has 0 radical (unpaired) electrons. The van der Waals surface area contributed by atoms with Crippen LogP contribution in [0.5, 0.6) is 11.5 Å². The van der Waals surface area contributed by atoms with Crippen molar-refractivity contribution >= 4 is 5.96 Å². The van der Waals surface area contributed by atoms with Crippen molar-refractivity contribution in [3.05, 3.63) is 84.4 Å². The number of nitrogens with two attached hydrogens (primary N) is 1. The van der Waals surface area contributed by atoms with E-state index >= 15 is 0 Å². The number of fused-ring (bicyclic) bond motifs is 1. The van der Waals surface area contributed by atoms with Gasteiger partial charge in [-0.1, -0.05) is 66.7 Å². The van der Waals surface area contributed by atoms with Crippen LogP contribution in [0.4, 0.5) is 0 Å². The maximum Gasteiger partial charge on any atom is 0.189 e. The Bertz CT molecular complexity index is 973. The Balaban J connectivity index is 1.34. The molecule has 4 rings (SSSR count). The lowest BCUT2D eigenvalue weighted by Crippen LogP contribution is -2.37. The van der Waals surface area contributed by atoms with Gasteiger partial charge in [0.05, 0.1) is 19.2 Å². The molecule has 5 heteroatoms. The molecule has 0 aliphatic carbocycles. The van der Waals surface area contributed by atoms with Gasteiger partial charge in [-0.2, -0.15) is 0 Å². The van der Waals surface area contributed by atoms with Crippen LogP contribution in [-0.4, -0.2) is 25.7 Å². The van der Waals surface area contributed by atoms with E-state index in [1.54, 1.807) is 0 Å². The molecule has 1 unspecified atom stereocenters. The molecular formula is C24H25N3O2. The predicted molar refractivity (Wildman–Crippen MR) is 116 cm³/mol. The molecule has 1 heterocycles. The van der Waals surface area contributed by atoms with Gasteiger partial charge in [0.1, 0.15) is 18.1 Å². The summed E-state index contributed by atoms with van der Waals surface area (Å²) in [5.74, 6) is 2.18. The topological polar surface area (TPSA) is 68.9 Å². The third-order valence-corrected chi connectivity index (χ3v) is 4.88. The second kappa shape index (κ2) is 9.15. The highest BCUT2D eigenvalue weighted by molar-refractivity contribution is 5.78. The van der Waals surface area contributed by atoms with Crippen LogP contribution in [0.15, 0.2) is 83.9 Å². The molecule has 148 valence electrons. The normalized spacial score (nSPS) is 15.9. The van der Waals surface area contributed by atoms with Gasteiger partial charge in [-0.3, -0.25) is 0 Å². The number of ether oxygens (including phenoxy) is 2. The molecule has 3 N–H and O–H groups in total. The number of hydrogen-bond acceptors (Lipinski definition) is 3. The largest absolute Gasteiger partial charge is 0.493 e. The summed E-state index contributed by atoms with van der Waals surface area (Å²) in [6, 6.07) is 26.4. The van der Waals surface area contributed by atoms with E-state index in [-0.39, 0.29) is 6.04 Å². The van der Waals surface area contributed by atoms with Crippen LogP contribution in [0.3, 0.4) is 0 Å². The second-order valence-corrected chi connectivity index (χ2v) is 6.85. The summed E-state index contributed by atoms with van der Waals surface area (Å²) in [6.45, 7) is 1.60. The Labute approximate surface area is 171 Å². The van der Waals surface area contributed by atoms with Gasteiger partial charge >= 0.3 is 0 Å². The smallest absolute Gasteiger partial charge is 0.189 e. The van der Waals surface area contributed by atoms with Crippen molar-refractivity contribution in [2.24, 2.45) is 10.7 Å². The molecule has 0 spiro atoms. The Hall–Kier alpha value is -3.47. The van der Waals surface area contributed by atoms with E-state index in [4.69, 9.17) is 15.2 Å². The summed E-state index contributed by atoms with van der Waals surface area (Å²) >= 11 is 0. The molecule has 0 amide bonds. The number of guanidine groups is 1. The van der Waals surface area contributed by atoms with Crippen LogP contribution in [0, 0.1) is 0 Å². The van der Waals surface area contributed by atoms with Crippen LogP contribution < -0.4 is 20.5 Å². The summed E-state index contributed by atoms with van der Waals surface area (Å²) < 4.78 is 11.7. The molecule has 0 saturated carbocycles. The number of benzene rings is 3. The first-order valence-corrected chi connectivity index (χ1v) is 9.87. The third kappa shape index (κ3) is 4.69. The zero-order chi connectivity index (χ0) is 19.9. The van der Waals surface area contributed by atoms with E-state index in [2.05, 4.69) is 34.6 Å². The van der Waals surface area contributed by atoms with Crippen molar-refractivity contribution in [2.45, 2.75) is 12.5 Å². The lowest BCUT2D eigenvalue weighted by molar-refractivity contribution is 0.262. The number of nitrogens with one attached hydrogen (secondary N) is 1. The summed E-state index contributed by atoms with van der Waals surface area (Å²) in [7, 11) is 0. The number of nitrogens with zero attached hydrogens (tertiary/aromatic N) is 1. The second-order valence-electron chi connectivity index (χ2n) is 6.85. The van der Waals surface area contributed by atoms with Crippen molar-refractivity contribution in [3.8, 4) is 22.6 Å². The molecule has 3 aromatic rings. The molecule has 1 aliphatic heterocycles. The third-order valence-electron chi connectivity index (χ3n) is 4.88. The van der Waals surface area contributed by atoms with E-state index in [0.29, 0.717) is 25.7 Å². The maximum atomic E-state index is 6.10. The Morgan fingerprint density at radius 3 is 2.66 bits per heavy atom. The SMILES string of the molecule is NC(=NCCOc1ccccc1-c1ccccc1)NC1CCOc2ccccc21. The van der Waals surface area contributed by atoms with Gasteiger partial charge in [-0.25, -0.2) is 4.99 Å². The fourth-order valence-electron chi connectivity index (χ4n) is 3.49. The molecular weight excluding hydrogens is 362 g/mol. The average Bonchev–Trinajstić information content (AvgIpc) is 2.78. The van der Waals surface area contributed by atoms with Gasteiger partial charge in [0.25, 0.3) is 0 Å². The molecule has 0 saturated heterocycles. The van der Waals surface area contributed by atoms with Gasteiger partial charge in [0, 0.05) is 17.5 Å². The summed E-state index contributed by atoms with van der Waals surface area (Å²) in [4.78, 5) is 4.43. The lowest BCUT2D eigenvalue weighted by Gasteiger charge is -2.26. The van der Waals surface area contributed by atoms with Gasteiger partial charge in [-0.05, 0) is 17.7 Å². The van der Waals surface area contributed by atoms with E-state index in [9.17, 15) is 0 Å². The Morgan fingerprint density at radius 2 is 1.76 bits per heavy atom. The number of hydrogen-bond donors (Lipinski definition) is 2. The van der Waals surface area contributed by atoms with Crippen molar-refractivity contribution < 1.29 is 9.47 Å². The number of aliphatic imine (C=N–C) groups is 1. The fraction of sp³-hybridized carbons (Fsp3) is 0.208. The monoisotopic (exact) mass is 387 g/mol. The van der Waals surface area contributed by atoms with Gasteiger partial charge < -0.3 is 20.5 Å². The first kappa shape index (κ1) is 18.9. The van der Waals surface area contributed by atoms with E-state index < -0.39 is 0 Å². The highest BCUT2D eigenvalue weighted by atomic mass is 16.5. The van der Waals surface area contributed by atoms with Gasteiger partial charge in [0.2, 0.25) is 0 Å². The highest BCUT2D eigenvalue weighted by Gasteiger charge is 2.21. The van der Waals surface area contributed by atoms with Crippen molar-refractivity contribution in [1.29, 1.82) is 0 Å². The van der Waals surface area contributed by atoms with Crippen LogP contribution >= 0.6 is 0 Å². The first-order chi connectivity index (χ1) is 14.3. The number of para-hydroxylation sites is 2. The Morgan fingerprint density at radius 1 is 1.00 bits per heavy atom. The fourth-order valence-corrected chi connectivity index (χ4v) is 3.49. The summed E-state index contributed by atoms with van der Waals surface area (Å²) in [5, 5.41) is 3.30. The predicted octanol–water partition coefficient (Wildman–Crippen LogP) is 4.16. The zero-order valence-electron chi connectivity index (χ0n) is 16.3. The Kier molecular flexibility index (Phi) is 5.95. The molecule has 0 bridgehead atoms.